The van der Waals surface area contributed by atoms with E-state index in [0.717, 1.165) is 26.0 Å². The van der Waals surface area contributed by atoms with Crippen LogP contribution in [0, 0.1) is 0 Å². The highest BCUT2D eigenvalue weighted by Gasteiger charge is 2.06. The third-order valence-corrected chi connectivity index (χ3v) is 4.00. The Bertz CT molecular complexity index is 639. The molecule has 0 atom stereocenters. The van der Waals surface area contributed by atoms with Crippen molar-refractivity contribution in [3.63, 3.8) is 0 Å². The second kappa shape index (κ2) is 4.28. The highest BCUT2D eigenvalue weighted by Crippen LogP contribution is 2.30. The largest absolute Gasteiger partial charge is 0.236 e. The van der Waals surface area contributed by atoms with Gasteiger partial charge in [-0.05, 0) is 18.2 Å². The topological polar surface area (TPSA) is 12.9 Å². The summed E-state index contributed by atoms with van der Waals surface area (Å²) in [4.78, 5) is 4.61. The minimum atomic E-state index is 0.744. The Balaban J connectivity index is 2.20. The van der Waals surface area contributed by atoms with E-state index in [9.17, 15) is 0 Å². The summed E-state index contributed by atoms with van der Waals surface area (Å²) < 4.78 is 2.17. The van der Waals surface area contributed by atoms with Gasteiger partial charge in [0.1, 0.15) is 12.9 Å². The Morgan fingerprint density at radius 2 is 1.94 bits per heavy atom. The van der Waals surface area contributed by atoms with E-state index >= 15 is 0 Å². The van der Waals surface area contributed by atoms with E-state index in [1.54, 1.807) is 11.3 Å². The van der Waals surface area contributed by atoms with Crippen molar-refractivity contribution in [3.05, 3.63) is 46.9 Å². The summed E-state index contributed by atoms with van der Waals surface area (Å²) in [6.45, 7) is 0. The van der Waals surface area contributed by atoms with Crippen LogP contribution in [0.25, 0.3) is 20.8 Å². The first-order valence-electron chi connectivity index (χ1n) is 5.14. The molecule has 0 unspecified atom stereocenters. The van der Waals surface area contributed by atoms with Crippen molar-refractivity contribution >= 4 is 50.8 Å². The molecule has 0 aliphatic heterocycles. The normalized spacial score (nSPS) is 10.9. The number of para-hydroxylation sites is 1. The number of nitrogens with zero attached hydrogens (tertiary/aromatic N) is 1. The maximum atomic E-state index is 5.84. The van der Waals surface area contributed by atoms with Gasteiger partial charge in [-0.3, -0.25) is 0 Å². The van der Waals surface area contributed by atoms with E-state index in [2.05, 4.69) is 27.0 Å². The number of rotatable bonds is 1. The van der Waals surface area contributed by atoms with Gasteiger partial charge < -0.3 is 0 Å². The molecule has 0 saturated heterocycles. The molecule has 17 heavy (non-hydrogen) atoms. The Labute approximate surface area is 113 Å². The fourth-order valence-electron chi connectivity index (χ4n) is 1.73. The lowest BCUT2D eigenvalue weighted by atomic mass is 9.95. The van der Waals surface area contributed by atoms with Crippen LogP contribution in [-0.2, 0) is 0 Å². The van der Waals surface area contributed by atoms with Gasteiger partial charge in [-0.1, -0.05) is 45.7 Å². The van der Waals surface area contributed by atoms with Gasteiger partial charge in [0.05, 0.1) is 10.2 Å². The third-order valence-electron chi connectivity index (χ3n) is 2.46. The van der Waals surface area contributed by atoms with Crippen LogP contribution < -0.4 is 5.46 Å². The molecule has 3 aromatic rings. The number of halogens is 1. The molecular formula is C13H7BBrNS. The summed E-state index contributed by atoms with van der Waals surface area (Å²) in [5.74, 6) is 0. The standard InChI is InChI=1S/C13H7BBrNS/c14-9-5-8(6-10(15)7-9)13-16-11-3-1-2-4-12(11)17-13/h1-7H. The molecule has 4 heteroatoms. The average Bonchev–Trinajstić information content (AvgIpc) is 2.71. The lowest BCUT2D eigenvalue weighted by molar-refractivity contribution is 1.48. The molecular weight excluding hydrogens is 293 g/mol. The molecule has 0 spiro atoms. The van der Waals surface area contributed by atoms with Crippen LogP contribution in [0.2, 0.25) is 0 Å². The first kappa shape index (κ1) is 11.0. The van der Waals surface area contributed by atoms with Crippen LogP contribution >= 0.6 is 27.3 Å². The fourth-order valence-corrected chi connectivity index (χ4v) is 3.20. The van der Waals surface area contributed by atoms with Crippen molar-refractivity contribution < 1.29 is 0 Å². The Hall–Kier alpha value is -1.13. The molecule has 0 amide bonds. The van der Waals surface area contributed by atoms with Crippen molar-refractivity contribution in [1.29, 1.82) is 0 Å². The lowest BCUT2D eigenvalue weighted by Crippen LogP contribution is -2.01. The van der Waals surface area contributed by atoms with Gasteiger partial charge in [-0.2, -0.15) is 0 Å². The smallest absolute Gasteiger partial charge is 0.124 e. The molecule has 0 bridgehead atoms. The minimum Gasteiger partial charge on any atom is -0.236 e. The van der Waals surface area contributed by atoms with Crippen LogP contribution in [0.1, 0.15) is 0 Å². The summed E-state index contributed by atoms with van der Waals surface area (Å²) in [6.07, 6.45) is 0. The molecule has 1 aromatic heterocycles. The number of hydrogen-bond acceptors (Lipinski definition) is 2. The van der Waals surface area contributed by atoms with Crippen LogP contribution in [0.5, 0.6) is 0 Å². The van der Waals surface area contributed by atoms with Crippen LogP contribution in [-0.4, -0.2) is 12.8 Å². The van der Waals surface area contributed by atoms with Gasteiger partial charge in [0.15, 0.2) is 0 Å². The quantitative estimate of drug-likeness (QED) is 0.627. The molecule has 0 fully saturated rings. The fraction of sp³-hybridized carbons (Fsp3) is 0. The molecule has 1 nitrogen and oxygen atoms in total. The minimum absolute atomic E-state index is 0.744. The Kier molecular flexibility index (Phi) is 2.77. The molecule has 2 aromatic carbocycles. The molecule has 3 rings (SSSR count). The van der Waals surface area contributed by atoms with Crippen LogP contribution in [0.4, 0.5) is 0 Å². The third kappa shape index (κ3) is 2.15. The first-order chi connectivity index (χ1) is 8.22. The number of thiazole rings is 1. The molecule has 0 saturated carbocycles. The van der Waals surface area contributed by atoms with Gasteiger partial charge in [0.25, 0.3) is 0 Å². The summed E-state index contributed by atoms with van der Waals surface area (Å²) in [6, 6.07) is 14.0. The van der Waals surface area contributed by atoms with Gasteiger partial charge >= 0.3 is 0 Å². The van der Waals surface area contributed by atoms with E-state index in [0.29, 0.717) is 0 Å². The van der Waals surface area contributed by atoms with Gasteiger partial charge in [0, 0.05) is 10.0 Å². The summed E-state index contributed by atoms with van der Waals surface area (Å²) >= 11 is 5.13. The van der Waals surface area contributed by atoms with E-state index in [4.69, 9.17) is 7.85 Å². The highest BCUT2D eigenvalue weighted by molar-refractivity contribution is 9.10. The highest BCUT2D eigenvalue weighted by atomic mass is 79.9. The van der Waals surface area contributed by atoms with Gasteiger partial charge in [0.2, 0.25) is 0 Å². The lowest BCUT2D eigenvalue weighted by Gasteiger charge is -2.00. The molecule has 1 heterocycles. The SMILES string of the molecule is [B]c1cc(Br)cc(-c2nc3ccccc3s2)c1. The van der Waals surface area contributed by atoms with Crippen molar-refractivity contribution in [3.8, 4) is 10.6 Å². The van der Waals surface area contributed by atoms with Crippen molar-refractivity contribution in [1.82, 2.24) is 4.98 Å². The number of benzene rings is 2. The van der Waals surface area contributed by atoms with E-state index in [-0.39, 0.29) is 0 Å². The predicted octanol–water partition coefficient (Wildman–Crippen LogP) is 3.52. The van der Waals surface area contributed by atoms with E-state index in [1.807, 2.05) is 36.4 Å². The second-order valence-electron chi connectivity index (χ2n) is 3.76. The Morgan fingerprint density at radius 3 is 2.71 bits per heavy atom. The van der Waals surface area contributed by atoms with E-state index in [1.165, 1.54) is 4.70 Å². The maximum absolute atomic E-state index is 5.84. The first-order valence-corrected chi connectivity index (χ1v) is 6.75. The molecule has 80 valence electrons. The van der Waals surface area contributed by atoms with Gasteiger partial charge in [-0.15, -0.1) is 11.3 Å². The van der Waals surface area contributed by atoms with Crippen molar-refractivity contribution in [2.45, 2.75) is 0 Å². The molecule has 0 aliphatic rings. The zero-order valence-electron chi connectivity index (χ0n) is 8.85. The monoisotopic (exact) mass is 299 g/mol. The second-order valence-corrected chi connectivity index (χ2v) is 5.71. The van der Waals surface area contributed by atoms with Crippen molar-refractivity contribution in [2.75, 3.05) is 0 Å². The average molecular weight is 300 g/mol. The molecule has 0 aliphatic carbocycles. The van der Waals surface area contributed by atoms with Gasteiger partial charge in [-0.25, -0.2) is 4.98 Å². The van der Waals surface area contributed by atoms with Crippen molar-refractivity contribution in [2.24, 2.45) is 0 Å². The Morgan fingerprint density at radius 1 is 1.12 bits per heavy atom. The summed E-state index contributed by atoms with van der Waals surface area (Å²) in [5.41, 5.74) is 2.83. The summed E-state index contributed by atoms with van der Waals surface area (Å²) in [5, 5.41) is 0.999. The predicted molar refractivity (Wildman–Crippen MR) is 78.1 cm³/mol. The van der Waals surface area contributed by atoms with E-state index < -0.39 is 0 Å². The maximum Gasteiger partial charge on any atom is 0.124 e. The number of hydrogen-bond donors (Lipinski definition) is 0. The molecule has 2 radical (unpaired) electrons. The zero-order valence-corrected chi connectivity index (χ0v) is 11.3. The zero-order chi connectivity index (χ0) is 11.8. The number of aromatic nitrogens is 1. The molecule has 0 N–H and O–H groups in total. The number of fused-ring (bicyclic) bond motifs is 1. The van der Waals surface area contributed by atoms with Crippen LogP contribution in [0.15, 0.2) is 46.9 Å². The van der Waals surface area contributed by atoms with Crippen LogP contribution in [0.3, 0.4) is 0 Å². The summed E-state index contributed by atoms with van der Waals surface area (Å²) in [7, 11) is 5.84.